The Morgan fingerprint density at radius 2 is 1.86 bits per heavy atom. The molecular formula is C26H36O3. The summed E-state index contributed by atoms with van der Waals surface area (Å²) in [5.74, 6) is 0.622. The summed E-state index contributed by atoms with van der Waals surface area (Å²) in [4.78, 5) is 23.7. The van der Waals surface area contributed by atoms with Gasteiger partial charge in [0.2, 0.25) is 0 Å². The van der Waals surface area contributed by atoms with Crippen LogP contribution < -0.4 is 0 Å². The topological polar surface area (TPSA) is 43.4 Å². The predicted molar refractivity (Wildman–Crippen MR) is 119 cm³/mol. The average Bonchev–Trinajstić information content (AvgIpc) is 3.04. The van der Waals surface area contributed by atoms with Gasteiger partial charge < -0.3 is 4.74 Å². The molecule has 1 unspecified atom stereocenters. The van der Waals surface area contributed by atoms with Crippen molar-refractivity contribution in [2.45, 2.75) is 77.7 Å². The van der Waals surface area contributed by atoms with Gasteiger partial charge in [-0.3, -0.25) is 9.59 Å². The second-order valence-corrected chi connectivity index (χ2v) is 8.25. The number of hydrogen-bond donors (Lipinski definition) is 0. The van der Waals surface area contributed by atoms with E-state index in [2.05, 4.69) is 48.6 Å². The number of carbonyl (C=O) groups excluding carboxylic acids is 2. The van der Waals surface area contributed by atoms with Gasteiger partial charge in [0.15, 0.2) is 5.78 Å². The first-order valence-corrected chi connectivity index (χ1v) is 11.2. The smallest absolute Gasteiger partial charge is 0.306 e. The van der Waals surface area contributed by atoms with Crippen LogP contribution in [0.4, 0.5) is 0 Å². The molecular weight excluding hydrogens is 360 g/mol. The van der Waals surface area contributed by atoms with Crippen LogP contribution >= 0.6 is 0 Å². The molecule has 158 valence electrons. The number of benzene rings is 1. The number of rotatable bonds is 13. The molecule has 0 amide bonds. The minimum atomic E-state index is -0.129. The summed E-state index contributed by atoms with van der Waals surface area (Å²) in [6.07, 6.45) is 16.8. The fourth-order valence-electron chi connectivity index (χ4n) is 3.85. The Kier molecular flexibility index (Phi) is 10.5. The molecule has 2 rings (SSSR count). The Morgan fingerprint density at radius 3 is 2.62 bits per heavy atom. The molecule has 0 radical (unpaired) electrons. The third kappa shape index (κ3) is 9.25. The Morgan fingerprint density at radius 1 is 1.07 bits per heavy atom. The van der Waals surface area contributed by atoms with E-state index in [-0.39, 0.29) is 23.8 Å². The summed E-state index contributed by atoms with van der Waals surface area (Å²) < 4.78 is 5.13. The number of ketones is 1. The Balaban J connectivity index is 1.60. The fraction of sp³-hybridized carbons (Fsp3) is 0.538. The minimum Gasteiger partial charge on any atom is -0.463 e. The molecule has 2 atom stereocenters. The standard InChI is InChI=1S/C26H36O3/c1-21(2)29-26(28)18-12-4-3-11-17-24-23(19-20-25(24)27)16-10-6-9-15-22-13-7-5-8-14-22/h3,5,7-8,11,13-14,19-21,23-24H,4,6,9-10,12,15-18H2,1-2H3/b11-3-/t23?,24-/m1/s1. The number of carbonyl (C=O) groups is 2. The Labute approximate surface area is 176 Å². The molecule has 0 heterocycles. The molecule has 29 heavy (non-hydrogen) atoms. The van der Waals surface area contributed by atoms with Crippen molar-refractivity contribution in [3.63, 3.8) is 0 Å². The maximum absolute atomic E-state index is 12.2. The van der Waals surface area contributed by atoms with Crippen molar-refractivity contribution in [2.75, 3.05) is 0 Å². The zero-order valence-electron chi connectivity index (χ0n) is 18.0. The van der Waals surface area contributed by atoms with Crippen LogP contribution in [0.15, 0.2) is 54.6 Å². The molecule has 0 saturated carbocycles. The predicted octanol–water partition coefficient (Wildman–Crippen LogP) is 6.23. The van der Waals surface area contributed by atoms with E-state index < -0.39 is 0 Å². The summed E-state index contributed by atoms with van der Waals surface area (Å²) in [6.45, 7) is 3.73. The van der Waals surface area contributed by atoms with Gasteiger partial charge in [0.1, 0.15) is 0 Å². The van der Waals surface area contributed by atoms with Crippen LogP contribution in [-0.4, -0.2) is 17.9 Å². The van der Waals surface area contributed by atoms with Gasteiger partial charge in [-0.15, -0.1) is 0 Å². The van der Waals surface area contributed by atoms with Gasteiger partial charge in [-0.2, -0.15) is 0 Å². The van der Waals surface area contributed by atoms with Crippen molar-refractivity contribution in [2.24, 2.45) is 11.8 Å². The van der Waals surface area contributed by atoms with E-state index in [9.17, 15) is 9.59 Å². The highest BCUT2D eigenvalue weighted by Crippen LogP contribution is 2.30. The highest BCUT2D eigenvalue weighted by atomic mass is 16.5. The van der Waals surface area contributed by atoms with Gasteiger partial charge in [0.05, 0.1) is 6.10 Å². The molecule has 0 bridgehead atoms. The molecule has 1 aliphatic carbocycles. The lowest BCUT2D eigenvalue weighted by molar-refractivity contribution is -0.147. The van der Waals surface area contributed by atoms with Crippen LogP contribution in [-0.2, 0) is 20.7 Å². The number of allylic oxidation sites excluding steroid dienone is 4. The number of hydrogen-bond acceptors (Lipinski definition) is 3. The SMILES string of the molecule is CC(C)OC(=O)CCC/C=C\C[C@H]1C(=O)C=CC1CCCCCc1ccccc1. The summed E-state index contributed by atoms with van der Waals surface area (Å²) in [5, 5.41) is 0. The van der Waals surface area contributed by atoms with E-state index >= 15 is 0 Å². The molecule has 0 N–H and O–H groups in total. The number of unbranched alkanes of at least 4 members (excludes halogenated alkanes) is 3. The number of aryl methyl sites for hydroxylation is 1. The zero-order chi connectivity index (χ0) is 20.9. The van der Waals surface area contributed by atoms with Gasteiger partial charge in [-0.1, -0.05) is 61.4 Å². The van der Waals surface area contributed by atoms with Gasteiger partial charge in [0, 0.05) is 12.3 Å². The van der Waals surface area contributed by atoms with Gasteiger partial charge >= 0.3 is 5.97 Å². The molecule has 1 aromatic carbocycles. The first-order valence-electron chi connectivity index (χ1n) is 11.2. The molecule has 1 aliphatic rings. The monoisotopic (exact) mass is 396 g/mol. The maximum Gasteiger partial charge on any atom is 0.306 e. The molecule has 3 heteroatoms. The van der Waals surface area contributed by atoms with E-state index in [1.807, 2.05) is 13.8 Å². The second-order valence-electron chi connectivity index (χ2n) is 8.25. The van der Waals surface area contributed by atoms with Gasteiger partial charge in [0.25, 0.3) is 0 Å². The highest BCUT2D eigenvalue weighted by Gasteiger charge is 2.28. The van der Waals surface area contributed by atoms with Crippen LogP contribution in [0.2, 0.25) is 0 Å². The minimum absolute atomic E-state index is 0.0470. The number of ether oxygens (including phenoxy) is 1. The van der Waals surface area contributed by atoms with E-state index in [0.717, 1.165) is 32.1 Å². The third-order valence-corrected chi connectivity index (χ3v) is 5.41. The highest BCUT2D eigenvalue weighted by molar-refractivity contribution is 5.94. The zero-order valence-corrected chi connectivity index (χ0v) is 18.0. The van der Waals surface area contributed by atoms with Gasteiger partial charge in [-0.25, -0.2) is 0 Å². The molecule has 0 fully saturated rings. The summed E-state index contributed by atoms with van der Waals surface area (Å²) in [5.41, 5.74) is 1.41. The summed E-state index contributed by atoms with van der Waals surface area (Å²) in [6, 6.07) is 10.6. The lowest BCUT2D eigenvalue weighted by atomic mass is 9.87. The normalized spacial score (nSPS) is 18.8. The first-order chi connectivity index (χ1) is 14.1. The van der Waals surface area contributed by atoms with E-state index in [4.69, 9.17) is 4.74 Å². The second kappa shape index (κ2) is 13.1. The van der Waals surface area contributed by atoms with Crippen LogP contribution in [0.3, 0.4) is 0 Å². The third-order valence-electron chi connectivity index (χ3n) is 5.41. The van der Waals surface area contributed by atoms with Crippen molar-refractivity contribution in [3.8, 4) is 0 Å². The maximum atomic E-state index is 12.2. The van der Waals surface area contributed by atoms with Gasteiger partial charge in [-0.05, 0) is 69.9 Å². The first kappa shape index (κ1) is 23.1. The molecule has 0 spiro atoms. The molecule has 3 nitrogen and oxygen atoms in total. The quantitative estimate of drug-likeness (QED) is 0.225. The molecule has 0 saturated heterocycles. The molecule has 0 aromatic heterocycles. The van der Waals surface area contributed by atoms with Crippen molar-refractivity contribution < 1.29 is 14.3 Å². The van der Waals surface area contributed by atoms with Crippen LogP contribution in [0, 0.1) is 11.8 Å². The fourth-order valence-corrected chi connectivity index (χ4v) is 3.85. The van der Waals surface area contributed by atoms with Crippen molar-refractivity contribution in [1.82, 2.24) is 0 Å². The Hall–Kier alpha value is -2.16. The lowest BCUT2D eigenvalue weighted by Crippen LogP contribution is -2.15. The Bertz CT molecular complexity index is 672. The number of esters is 1. The van der Waals surface area contributed by atoms with Crippen molar-refractivity contribution >= 4 is 11.8 Å². The molecule has 1 aromatic rings. The van der Waals surface area contributed by atoms with E-state index in [1.54, 1.807) is 6.08 Å². The van der Waals surface area contributed by atoms with Crippen LogP contribution in [0.1, 0.15) is 70.8 Å². The van der Waals surface area contributed by atoms with Crippen LogP contribution in [0.25, 0.3) is 0 Å². The van der Waals surface area contributed by atoms with Crippen molar-refractivity contribution in [3.05, 3.63) is 60.2 Å². The van der Waals surface area contributed by atoms with Crippen molar-refractivity contribution in [1.29, 1.82) is 0 Å². The molecule has 0 aliphatic heterocycles. The van der Waals surface area contributed by atoms with Crippen LogP contribution in [0.5, 0.6) is 0 Å². The lowest BCUT2D eigenvalue weighted by Gasteiger charge is -2.16. The summed E-state index contributed by atoms with van der Waals surface area (Å²) >= 11 is 0. The summed E-state index contributed by atoms with van der Waals surface area (Å²) in [7, 11) is 0. The largest absolute Gasteiger partial charge is 0.463 e. The van der Waals surface area contributed by atoms with E-state index in [0.29, 0.717) is 12.3 Å². The average molecular weight is 397 g/mol. The van der Waals surface area contributed by atoms with E-state index in [1.165, 1.54) is 24.8 Å².